The van der Waals surface area contributed by atoms with Crippen LogP contribution in [0.5, 0.6) is 0 Å². The third-order valence-corrected chi connectivity index (χ3v) is 4.80. The molecule has 0 radical (unpaired) electrons. The summed E-state index contributed by atoms with van der Waals surface area (Å²) in [4.78, 5) is 16.7. The molecule has 110 valence electrons. The lowest BCUT2D eigenvalue weighted by molar-refractivity contribution is -0.901. The number of carboxylic acids is 1. The summed E-state index contributed by atoms with van der Waals surface area (Å²) in [5.41, 5.74) is 3.01. The number of hydrogen-bond acceptors (Lipinski definition) is 4. The van der Waals surface area contributed by atoms with E-state index in [1.165, 1.54) is 42.8 Å². The molecule has 21 heavy (non-hydrogen) atoms. The number of hydrogen-bond donors (Lipinski definition) is 1. The van der Waals surface area contributed by atoms with E-state index in [0.717, 1.165) is 17.1 Å². The van der Waals surface area contributed by atoms with Crippen LogP contribution in [0.2, 0.25) is 0 Å². The SMILES string of the molecule is O=C([O-])Cc1csc(-c2ccccc2C[NH+]2CCCC2)n1. The predicted molar refractivity (Wildman–Crippen MR) is 79.9 cm³/mol. The lowest BCUT2D eigenvalue weighted by atomic mass is 10.1. The Balaban J connectivity index is 1.83. The first-order chi connectivity index (χ1) is 10.2. The van der Waals surface area contributed by atoms with E-state index in [-0.39, 0.29) is 6.42 Å². The van der Waals surface area contributed by atoms with Crippen molar-refractivity contribution in [3.8, 4) is 10.6 Å². The monoisotopic (exact) mass is 302 g/mol. The molecule has 1 saturated heterocycles. The second-order valence-corrected chi connectivity index (χ2v) is 6.34. The number of benzene rings is 1. The zero-order valence-corrected chi connectivity index (χ0v) is 12.6. The first-order valence-electron chi connectivity index (χ1n) is 7.28. The maximum Gasteiger partial charge on any atom is 0.124 e. The Kier molecular flexibility index (Phi) is 4.31. The highest BCUT2D eigenvalue weighted by Gasteiger charge is 2.18. The number of quaternary nitrogens is 1. The van der Waals surface area contributed by atoms with Gasteiger partial charge in [0, 0.05) is 41.7 Å². The van der Waals surface area contributed by atoms with Gasteiger partial charge in [0.25, 0.3) is 0 Å². The van der Waals surface area contributed by atoms with Gasteiger partial charge >= 0.3 is 0 Å². The molecule has 0 spiro atoms. The smallest absolute Gasteiger partial charge is 0.124 e. The molecule has 1 fully saturated rings. The highest BCUT2D eigenvalue weighted by atomic mass is 32.1. The molecule has 1 aliphatic heterocycles. The lowest BCUT2D eigenvalue weighted by Crippen LogP contribution is -3.08. The molecule has 1 aromatic heterocycles. The van der Waals surface area contributed by atoms with Crippen molar-refractivity contribution in [3.63, 3.8) is 0 Å². The second-order valence-electron chi connectivity index (χ2n) is 5.48. The van der Waals surface area contributed by atoms with Crippen LogP contribution in [0.3, 0.4) is 0 Å². The quantitative estimate of drug-likeness (QED) is 0.863. The van der Waals surface area contributed by atoms with Crippen LogP contribution in [0.1, 0.15) is 24.1 Å². The molecule has 0 aliphatic carbocycles. The number of thiazole rings is 1. The van der Waals surface area contributed by atoms with Gasteiger partial charge < -0.3 is 14.8 Å². The fourth-order valence-electron chi connectivity index (χ4n) is 2.86. The Labute approximate surface area is 128 Å². The molecule has 5 heteroatoms. The predicted octanol–water partition coefficient (Wildman–Crippen LogP) is 0.281. The van der Waals surface area contributed by atoms with E-state index in [2.05, 4.69) is 23.2 Å². The van der Waals surface area contributed by atoms with E-state index in [0.29, 0.717) is 5.69 Å². The molecule has 0 bridgehead atoms. The first kappa shape index (κ1) is 14.2. The first-order valence-corrected chi connectivity index (χ1v) is 8.16. The zero-order valence-electron chi connectivity index (χ0n) is 11.8. The Morgan fingerprint density at radius 2 is 2.05 bits per heavy atom. The largest absolute Gasteiger partial charge is 0.550 e. The molecule has 1 aliphatic rings. The van der Waals surface area contributed by atoms with Gasteiger partial charge in [0.15, 0.2) is 0 Å². The van der Waals surface area contributed by atoms with Crippen LogP contribution in [0, 0.1) is 0 Å². The van der Waals surface area contributed by atoms with Gasteiger partial charge in [0.05, 0.1) is 18.8 Å². The van der Waals surface area contributed by atoms with Crippen LogP contribution in [0.25, 0.3) is 10.6 Å². The lowest BCUT2D eigenvalue weighted by Gasteiger charge is -2.14. The van der Waals surface area contributed by atoms with Crippen LogP contribution in [0.15, 0.2) is 29.6 Å². The highest BCUT2D eigenvalue weighted by Crippen LogP contribution is 2.27. The Morgan fingerprint density at radius 3 is 2.81 bits per heavy atom. The van der Waals surface area contributed by atoms with Gasteiger partial charge in [0.2, 0.25) is 0 Å². The molecule has 0 atom stereocenters. The van der Waals surface area contributed by atoms with Gasteiger partial charge in [-0.2, -0.15) is 0 Å². The number of likely N-dealkylation sites (tertiary alicyclic amines) is 1. The van der Waals surface area contributed by atoms with Crippen molar-refractivity contribution < 1.29 is 14.8 Å². The third kappa shape index (κ3) is 3.49. The fourth-order valence-corrected chi connectivity index (χ4v) is 3.74. The number of carbonyl (C=O) groups is 1. The number of nitrogens with one attached hydrogen (secondary N) is 1. The average Bonchev–Trinajstić information content (AvgIpc) is 3.11. The number of rotatable bonds is 5. The van der Waals surface area contributed by atoms with E-state index in [1.54, 1.807) is 4.90 Å². The van der Waals surface area contributed by atoms with Crippen molar-refractivity contribution in [1.29, 1.82) is 0 Å². The third-order valence-electron chi connectivity index (χ3n) is 3.88. The number of carboxylic acid groups (broad SMARTS) is 1. The summed E-state index contributed by atoms with van der Waals surface area (Å²) in [6, 6.07) is 8.30. The van der Waals surface area contributed by atoms with Crippen LogP contribution < -0.4 is 10.0 Å². The molecule has 2 aromatic rings. The normalized spacial score (nSPS) is 15.4. The maximum atomic E-state index is 10.7. The highest BCUT2D eigenvalue weighted by molar-refractivity contribution is 7.13. The Bertz CT molecular complexity index is 633. The van der Waals surface area contributed by atoms with E-state index in [4.69, 9.17) is 0 Å². The summed E-state index contributed by atoms with van der Waals surface area (Å²) in [6.45, 7) is 3.50. The van der Waals surface area contributed by atoms with E-state index < -0.39 is 5.97 Å². The molecule has 0 saturated carbocycles. The molecule has 4 nitrogen and oxygen atoms in total. The topological polar surface area (TPSA) is 57.5 Å². The minimum absolute atomic E-state index is 0.115. The summed E-state index contributed by atoms with van der Waals surface area (Å²) in [7, 11) is 0. The minimum atomic E-state index is -1.08. The summed E-state index contributed by atoms with van der Waals surface area (Å²) in [5.74, 6) is -1.08. The van der Waals surface area contributed by atoms with Crippen molar-refractivity contribution in [2.45, 2.75) is 25.8 Å². The Morgan fingerprint density at radius 1 is 1.29 bits per heavy atom. The van der Waals surface area contributed by atoms with Crippen molar-refractivity contribution >= 4 is 17.3 Å². The van der Waals surface area contributed by atoms with Crippen molar-refractivity contribution in [1.82, 2.24) is 4.98 Å². The molecule has 1 N–H and O–H groups in total. The van der Waals surface area contributed by atoms with Crippen molar-refractivity contribution in [2.24, 2.45) is 0 Å². The van der Waals surface area contributed by atoms with Crippen molar-refractivity contribution in [3.05, 3.63) is 40.9 Å². The van der Waals surface area contributed by atoms with E-state index in [1.807, 2.05) is 11.4 Å². The van der Waals surface area contributed by atoms with Crippen LogP contribution in [-0.4, -0.2) is 24.0 Å². The maximum absolute atomic E-state index is 10.7. The molecule has 0 unspecified atom stereocenters. The average molecular weight is 302 g/mol. The van der Waals surface area contributed by atoms with Crippen LogP contribution in [0.4, 0.5) is 0 Å². The molecule has 2 heterocycles. The van der Waals surface area contributed by atoms with E-state index >= 15 is 0 Å². The Hall–Kier alpha value is -1.72. The molecule has 3 rings (SSSR count). The standard InChI is InChI=1S/C16H18N2O2S/c19-15(20)9-13-11-21-16(17-13)14-6-2-1-5-12(14)10-18-7-3-4-8-18/h1-2,5-6,11H,3-4,7-10H2,(H,19,20). The number of nitrogens with zero attached hydrogens (tertiary/aromatic N) is 1. The fraction of sp³-hybridized carbons (Fsp3) is 0.375. The van der Waals surface area contributed by atoms with Gasteiger partial charge in [-0.3, -0.25) is 0 Å². The number of carbonyl (C=O) groups excluding carboxylic acids is 1. The van der Waals surface area contributed by atoms with Gasteiger partial charge in [0.1, 0.15) is 11.6 Å². The van der Waals surface area contributed by atoms with Crippen LogP contribution >= 0.6 is 11.3 Å². The zero-order chi connectivity index (χ0) is 14.7. The van der Waals surface area contributed by atoms with Crippen molar-refractivity contribution in [2.75, 3.05) is 13.1 Å². The second kappa shape index (κ2) is 6.37. The van der Waals surface area contributed by atoms with Gasteiger partial charge in [-0.1, -0.05) is 24.3 Å². The van der Waals surface area contributed by atoms with E-state index in [9.17, 15) is 9.90 Å². The molecule has 1 aromatic carbocycles. The summed E-state index contributed by atoms with van der Waals surface area (Å²) < 4.78 is 0. The summed E-state index contributed by atoms with van der Waals surface area (Å²) in [6.07, 6.45) is 2.51. The molecule has 0 amide bonds. The van der Waals surface area contributed by atoms with Gasteiger partial charge in [-0.25, -0.2) is 4.98 Å². The number of aromatic nitrogens is 1. The molecular formula is C16H18N2O2S. The minimum Gasteiger partial charge on any atom is -0.550 e. The van der Waals surface area contributed by atoms with Gasteiger partial charge in [-0.05, 0) is 0 Å². The molecular weight excluding hydrogens is 284 g/mol. The van der Waals surface area contributed by atoms with Crippen LogP contribution in [-0.2, 0) is 17.8 Å². The summed E-state index contributed by atoms with van der Waals surface area (Å²) >= 11 is 1.51. The van der Waals surface area contributed by atoms with Gasteiger partial charge in [-0.15, -0.1) is 11.3 Å². The summed E-state index contributed by atoms with van der Waals surface area (Å²) in [5, 5.41) is 13.4. The number of aliphatic carboxylic acids is 1.